The fraction of sp³-hybridized carbons (Fsp3) is 0.923. The molecule has 0 aromatic rings. The van der Waals surface area contributed by atoms with E-state index in [-0.39, 0.29) is 17.2 Å². The summed E-state index contributed by atoms with van der Waals surface area (Å²) in [6.07, 6.45) is 0.248. The van der Waals surface area contributed by atoms with Crippen LogP contribution in [-0.4, -0.2) is 36.8 Å². The molecule has 17 heavy (non-hydrogen) atoms. The molecule has 2 unspecified atom stereocenters. The highest BCUT2D eigenvalue weighted by molar-refractivity contribution is 5.78. The molecule has 1 saturated heterocycles. The van der Waals surface area contributed by atoms with Crippen LogP contribution >= 0.6 is 0 Å². The Morgan fingerprint density at radius 1 is 1.47 bits per heavy atom. The highest BCUT2D eigenvalue weighted by atomic mass is 16.3. The Labute approximate surface area is 104 Å². The number of nitrogens with one attached hydrogen (secondary N) is 2. The molecule has 3 N–H and O–H groups in total. The van der Waals surface area contributed by atoms with Gasteiger partial charge in [0.25, 0.3) is 0 Å². The molecule has 0 saturated carbocycles. The zero-order valence-electron chi connectivity index (χ0n) is 11.4. The molecule has 100 valence electrons. The third-order valence-electron chi connectivity index (χ3n) is 3.29. The number of hydrogen-bond acceptors (Lipinski definition) is 3. The Morgan fingerprint density at radius 3 is 2.47 bits per heavy atom. The van der Waals surface area contributed by atoms with E-state index >= 15 is 0 Å². The maximum Gasteiger partial charge on any atom is 0.223 e. The molecule has 4 heteroatoms. The lowest BCUT2D eigenvalue weighted by molar-refractivity contribution is -0.127. The lowest BCUT2D eigenvalue weighted by Gasteiger charge is -2.32. The Kier molecular flexibility index (Phi) is 4.95. The molecule has 0 spiro atoms. The summed E-state index contributed by atoms with van der Waals surface area (Å²) in [6, 6.07) is 0. The summed E-state index contributed by atoms with van der Waals surface area (Å²) in [4.78, 5) is 11.8. The molecule has 0 bridgehead atoms. The first kappa shape index (κ1) is 14.5. The average molecular weight is 242 g/mol. The van der Waals surface area contributed by atoms with E-state index in [1.165, 1.54) is 0 Å². The van der Waals surface area contributed by atoms with Crippen LogP contribution in [-0.2, 0) is 4.79 Å². The SMILES string of the molecule is CC(C(=O)NCC(O)CC(C)(C)C)C1CNC1. The van der Waals surface area contributed by atoms with E-state index in [2.05, 4.69) is 31.4 Å². The third kappa shape index (κ3) is 5.04. The van der Waals surface area contributed by atoms with Crippen molar-refractivity contribution < 1.29 is 9.90 Å². The summed E-state index contributed by atoms with van der Waals surface area (Å²) in [5.74, 6) is 0.553. The van der Waals surface area contributed by atoms with E-state index in [4.69, 9.17) is 0 Å². The number of hydrogen-bond donors (Lipinski definition) is 3. The molecule has 0 radical (unpaired) electrons. The van der Waals surface area contributed by atoms with Gasteiger partial charge in [-0.1, -0.05) is 27.7 Å². The summed E-state index contributed by atoms with van der Waals surface area (Å²) in [6.45, 7) is 10.4. The third-order valence-corrected chi connectivity index (χ3v) is 3.29. The van der Waals surface area contributed by atoms with Crippen LogP contribution in [0.5, 0.6) is 0 Å². The van der Waals surface area contributed by atoms with E-state index < -0.39 is 6.10 Å². The largest absolute Gasteiger partial charge is 0.391 e. The molecule has 2 atom stereocenters. The van der Waals surface area contributed by atoms with Crippen molar-refractivity contribution in [2.75, 3.05) is 19.6 Å². The molecule has 1 rings (SSSR count). The van der Waals surface area contributed by atoms with Crippen molar-refractivity contribution in [3.05, 3.63) is 0 Å². The van der Waals surface area contributed by atoms with E-state index in [0.717, 1.165) is 13.1 Å². The van der Waals surface area contributed by atoms with Gasteiger partial charge in [-0.3, -0.25) is 4.79 Å². The van der Waals surface area contributed by atoms with Gasteiger partial charge in [-0.25, -0.2) is 0 Å². The van der Waals surface area contributed by atoms with Crippen LogP contribution in [0.2, 0.25) is 0 Å². The smallest absolute Gasteiger partial charge is 0.223 e. The number of carbonyl (C=O) groups excluding carboxylic acids is 1. The van der Waals surface area contributed by atoms with Gasteiger partial charge in [-0.05, 0) is 30.8 Å². The standard InChI is InChI=1S/C13H26N2O2/c1-9(10-6-14-7-10)12(17)15-8-11(16)5-13(2,3)4/h9-11,14,16H,5-8H2,1-4H3,(H,15,17). The zero-order chi connectivity index (χ0) is 13.1. The van der Waals surface area contributed by atoms with Crippen molar-refractivity contribution in [3.8, 4) is 0 Å². The normalized spacial score (nSPS) is 20.5. The number of aliphatic hydroxyl groups excluding tert-OH is 1. The molecule has 1 aliphatic rings. The summed E-state index contributed by atoms with van der Waals surface area (Å²) in [5, 5.41) is 15.8. The van der Waals surface area contributed by atoms with Crippen molar-refractivity contribution in [2.24, 2.45) is 17.3 Å². The summed E-state index contributed by atoms with van der Waals surface area (Å²) >= 11 is 0. The number of rotatable bonds is 5. The minimum absolute atomic E-state index is 0.0399. The highest BCUT2D eigenvalue weighted by Crippen LogP contribution is 2.20. The van der Waals surface area contributed by atoms with Gasteiger partial charge in [-0.15, -0.1) is 0 Å². The van der Waals surface area contributed by atoms with Gasteiger partial charge >= 0.3 is 0 Å². The van der Waals surface area contributed by atoms with Crippen LogP contribution in [0.15, 0.2) is 0 Å². The van der Waals surface area contributed by atoms with E-state index in [0.29, 0.717) is 18.9 Å². The van der Waals surface area contributed by atoms with Crippen LogP contribution in [0, 0.1) is 17.3 Å². The van der Waals surface area contributed by atoms with Crippen LogP contribution in [0.4, 0.5) is 0 Å². The van der Waals surface area contributed by atoms with E-state index in [9.17, 15) is 9.90 Å². The van der Waals surface area contributed by atoms with Gasteiger partial charge in [0.05, 0.1) is 6.10 Å². The maximum atomic E-state index is 11.8. The van der Waals surface area contributed by atoms with Crippen molar-refractivity contribution in [3.63, 3.8) is 0 Å². The van der Waals surface area contributed by atoms with Crippen molar-refractivity contribution in [1.29, 1.82) is 0 Å². The molecule has 1 amide bonds. The van der Waals surface area contributed by atoms with Gasteiger partial charge in [-0.2, -0.15) is 0 Å². The lowest BCUT2D eigenvalue weighted by Crippen LogP contribution is -2.50. The minimum atomic E-state index is -0.453. The Morgan fingerprint density at radius 2 is 2.06 bits per heavy atom. The van der Waals surface area contributed by atoms with Crippen molar-refractivity contribution in [2.45, 2.75) is 40.2 Å². The summed E-state index contributed by atoms with van der Waals surface area (Å²) < 4.78 is 0. The highest BCUT2D eigenvalue weighted by Gasteiger charge is 2.28. The molecule has 1 aliphatic heterocycles. The number of carbonyl (C=O) groups is 1. The first-order valence-electron chi connectivity index (χ1n) is 6.46. The predicted molar refractivity (Wildman–Crippen MR) is 68.6 cm³/mol. The molecule has 4 nitrogen and oxygen atoms in total. The topological polar surface area (TPSA) is 61.4 Å². The molecule has 0 aliphatic carbocycles. The number of amides is 1. The zero-order valence-corrected chi connectivity index (χ0v) is 11.4. The Hall–Kier alpha value is -0.610. The van der Waals surface area contributed by atoms with Crippen LogP contribution < -0.4 is 10.6 Å². The predicted octanol–water partition coefficient (Wildman–Crippen LogP) is 0.755. The molecule has 1 fully saturated rings. The van der Waals surface area contributed by atoms with Crippen LogP contribution in [0.3, 0.4) is 0 Å². The molecular formula is C13H26N2O2. The fourth-order valence-corrected chi connectivity index (χ4v) is 2.04. The van der Waals surface area contributed by atoms with Crippen LogP contribution in [0.1, 0.15) is 34.1 Å². The second kappa shape index (κ2) is 5.83. The van der Waals surface area contributed by atoms with Gasteiger partial charge in [0, 0.05) is 12.5 Å². The lowest BCUT2D eigenvalue weighted by atomic mass is 9.87. The summed E-state index contributed by atoms with van der Waals surface area (Å²) in [7, 11) is 0. The second-order valence-electron chi connectivity index (χ2n) is 6.37. The second-order valence-corrected chi connectivity index (χ2v) is 6.37. The first-order valence-corrected chi connectivity index (χ1v) is 6.46. The fourth-order valence-electron chi connectivity index (χ4n) is 2.04. The Balaban J connectivity index is 2.22. The van der Waals surface area contributed by atoms with Gasteiger partial charge in [0.1, 0.15) is 0 Å². The molecule has 0 aromatic carbocycles. The molecular weight excluding hydrogens is 216 g/mol. The van der Waals surface area contributed by atoms with E-state index in [1.54, 1.807) is 0 Å². The van der Waals surface area contributed by atoms with E-state index in [1.807, 2.05) is 6.92 Å². The number of aliphatic hydroxyl groups is 1. The minimum Gasteiger partial charge on any atom is -0.391 e. The monoisotopic (exact) mass is 242 g/mol. The van der Waals surface area contributed by atoms with Crippen molar-refractivity contribution >= 4 is 5.91 Å². The summed E-state index contributed by atoms with van der Waals surface area (Å²) in [5.41, 5.74) is 0.0909. The van der Waals surface area contributed by atoms with Crippen molar-refractivity contribution in [1.82, 2.24) is 10.6 Å². The van der Waals surface area contributed by atoms with Gasteiger partial charge in [0.15, 0.2) is 0 Å². The maximum absolute atomic E-state index is 11.8. The first-order chi connectivity index (χ1) is 7.79. The van der Waals surface area contributed by atoms with Gasteiger partial charge < -0.3 is 15.7 Å². The van der Waals surface area contributed by atoms with Crippen LogP contribution in [0.25, 0.3) is 0 Å². The quantitative estimate of drug-likeness (QED) is 0.667. The Bertz CT molecular complexity index is 257. The molecule has 0 aromatic heterocycles. The molecule has 1 heterocycles. The average Bonchev–Trinajstić information content (AvgIpc) is 2.08. The van der Waals surface area contributed by atoms with Gasteiger partial charge in [0.2, 0.25) is 5.91 Å².